The average molecular weight is 344 g/mol. The zero-order chi connectivity index (χ0) is 12.1. The highest BCUT2D eigenvalue weighted by Crippen LogP contribution is 2.18. The molecule has 1 heterocycles. The molecule has 0 amide bonds. The summed E-state index contributed by atoms with van der Waals surface area (Å²) in [4.78, 5) is 2.51. The maximum atomic E-state index is 3.52. The molecule has 2 nitrogen and oxygen atoms in total. The molecule has 1 atom stereocenters. The van der Waals surface area contributed by atoms with E-state index >= 15 is 0 Å². The van der Waals surface area contributed by atoms with Gasteiger partial charge in [-0.2, -0.15) is 0 Å². The van der Waals surface area contributed by atoms with E-state index in [9.17, 15) is 0 Å². The molecule has 1 saturated heterocycles. The van der Waals surface area contributed by atoms with Crippen LogP contribution in [0.1, 0.15) is 25.7 Å². The van der Waals surface area contributed by atoms with Crippen LogP contribution in [0.25, 0.3) is 0 Å². The first kappa shape index (κ1) is 13.1. The summed E-state index contributed by atoms with van der Waals surface area (Å²) in [5, 5.41) is 3.52. The molecule has 94 valence electrons. The van der Waals surface area contributed by atoms with Crippen molar-refractivity contribution in [3.05, 3.63) is 27.8 Å². The fraction of sp³-hybridized carbons (Fsp3) is 0.571. The van der Waals surface area contributed by atoms with Crippen LogP contribution in [0.15, 0.2) is 24.3 Å². The largest absolute Gasteiger partial charge is 0.385 e. The van der Waals surface area contributed by atoms with Crippen LogP contribution in [0.2, 0.25) is 0 Å². The summed E-state index contributed by atoms with van der Waals surface area (Å²) in [7, 11) is 2.26. The van der Waals surface area contributed by atoms with Crippen molar-refractivity contribution in [2.75, 3.05) is 25.5 Å². The van der Waals surface area contributed by atoms with Crippen molar-refractivity contribution in [3.63, 3.8) is 0 Å². The van der Waals surface area contributed by atoms with E-state index in [-0.39, 0.29) is 0 Å². The monoisotopic (exact) mass is 344 g/mol. The van der Waals surface area contributed by atoms with Gasteiger partial charge in [-0.05, 0) is 73.6 Å². The molecule has 1 fully saturated rings. The summed E-state index contributed by atoms with van der Waals surface area (Å²) in [5.41, 5.74) is 1.25. The number of benzene rings is 1. The molecule has 1 aromatic rings. The minimum Gasteiger partial charge on any atom is -0.385 e. The number of likely N-dealkylation sites (tertiary alicyclic amines) is 1. The molecule has 0 spiro atoms. The predicted molar refractivity (Wildman–Crippen MR) is 82.5 cm³/mol. The lowest BCUT2D eigenvalue weighted by Gasteiger charge is -2.32. The average Bonchev–Trinajstić information content (AvgIpc) is 2.32. The molecule has 1 N–H and O–H groups in total. The second kappa shape index (κ2) is 6.59. The van der Waals surface area contributed by atoms with Crippen LogP contribution in [0.5, 0.6) is 0 Å². The normalized spacial score (nSPS) is 21.4. The van der Waals surface area contributed by atoms with Gasteiger partial charge in [-0.1, -0.05) is 12.5 Å². The van der Waals surface area contributed by atoms with Gasteiger partial charge in [0.1, 0.15) is 0 Å². The molecule has 1 aromatic carbocycles. The summed E-state index contributed by atoms with van der Waals surface area (Å²) in [6.07, 6.45) is 5.39. The van der Waals surface area contributed by atoms with E-state index in [1.165, 1.54) is 41.5 Å². The molecule has 1 aliphatic rings. The van der Waals surface area contributed by atoms with E-state index in [1.807, 2.05) is 0 Å². The third-order valence-corrected chi connectivity index (χ3v) is 4.22. The maximum Gasteiger partial charge on any atom is 0.0350 e. The van der Waals surface area contributed by atoms with Crippen LogP contribution in [-0.4, -0.2) is 31.1 Å². The topological polar surface area (TPSA) is 15.3 Å². The third kappa shape index (κ3) is 4.14. The SMILES string of the molecule is CN1CCCCC1CCNc1cccc(I)c1. The van der Waals surface area contributed by atoms with Crippen molar-refractivity contribution in [1.29, 1.82) is 0 Å². The first-order valence-electron chi connectivity index (χ1n) is 6.45. The Hall–Kier alpha value is -0.290. The van der Waals surface area contributed by atoms with Gasteiger partial charge >= 0.3 is 0 Å². The first-order valence-corrected chi connectivity index (χ1v) is 7.53. The Bertz CT molecular complexity index is 354. The van der Waals surface area contributed by atoms with Crippen molar-refractivity contribution >= 4 is 28.3 Å². The van der Waals surface area contributed by atoms with Crippen LogP contribution in [0, 0.1) is 3.57 Å². The van der Waals surface area contributed by atoms with Crippen LogP contribution in [0.3, 0.4) is 0 Å². The van der Waals surface area contributed by atoms with Crippen molar-refractivity contribution in [2.45, 2.75) is 31.7 Å². The Labute approximate surface area is 118 Å². The van der Waals surface area contributed by atoms with E-state index in [4.69, 9.17) is 0 Å². The molecule has 0 aromatic heterocycles. The second-order valence-corrected chi connectivity index (χ2v) is 6.10. The molecule has 1 aliphatic heterocycles. The van der Waals surface area contributed by atoms with E-state index < -0.39 is 0 Å². The molecule has 0 aliphatic carbocycles. The van der Waals surface area contributed by atoms with Gasteiger partial charge in [0.2, 0.25) is 0 Å². The number of anilines is 1. The van der Waals surface area contributed by atoms with Gasteiger partial charge in [0.15, 0.2) is 0 Å². The zero-order valence-electron chi connectivity index (χ0n) is 10.5. The third-order valence-electron chi connectivity index (χ3n) is 3.55. The number of nitrogens with zero attached hydrogens (tertiary/aromatic N) is 1. The molecule has 3 heteroatoms. The predicted octanol–water partition coefficient (Wildman–Crippen LogP) is 3.58. The molecule has 1 unspecified atom stereocenters. The number of hydrogen-bond acceptors (Lipinski definition) is 2. The Morgan fingerprint density at radius 2 is 2.29 bits per heavy atom. The van der Waals surface area contributed by atoms with E-state index in [1.54, 1.807) is 0 Å². The van der Waals surface area contributed by atoms with Gasteiger partial charge in [-0.25, -0.2) is 0 Å². The number of rotatable bonds is 4. The van der Waals surface area contributed by atoms with Crippen LogP contribution in [0.4, 0.5) is 5.69 Å². The lowest BCUT2D eigenvalue weighted by Crippen LogP contribution is -2.37. The summed E-state index contributed by atoms with van der Waals surface area (Å²) in [6, 6.07) is 9.36. The highest BCUT2D eigenvalue weighted by Gasteiger charge is 2.17. The molecular formula is C14H21IN2. The minimum absolute atomic E-state index is 0.777. The molecule has 0 saturated carbocycles. The lowest BCUT2D eigenvalue weighted by atomic mass is 10.0. The van der Waals surface area contributed by atoms with Gasteiger partial charge in [0, 0.05) is 21.8 Å². The Morgan fingerprint density at radius 1 is 1.41 bits per heavy atom. The van der Waals surface area contributed by atoms with Crippen LogP contribution >= 0.6 is 22.6 Å². The van der Waals surface area contributed by atoms with Gasteiger partial charge < -0.3 is 10.2 Å². The number of halogens is 1. The Balaban J connectivity index is 1.75. The molecule has 0 bridgehead atoms. The standard InChI is InChI=1S/C14H21IN2/c1-17-10-3-2-7-14(17)8-9-16-13-6-4-5-12(15)11-13/h4-6,11,14,16H,2-3,7-10H2,1H3. The smallest absolute Gasteiger partial charge is 0.0350 e. The highest BCUT2D eigenvalue weighted by atomic mass is 127. The lowest BCUT2D eigenvalue weighted by molar-refractivity contribution is 0.179. The quantitative estimate of drug-likeness (QED) is 0.840. The molecule has 2 rings (SSSR count). The fourth-order valence-corrected chi connectivity index (χ4v) is 3.03. The Kier molecular flexibility index (Phi) is 5.10. The van der Waals surface area contributed by atoms with Gasteiger partial charge in [-0.3, -0.25) is 0 Å². The van der Waals surface area contributed by atoms with E-state index in [0.29, 0.717) is 0 Å². The minimum atomic E-state index is 0.777. The van der Waals surface area contributed by atoms with E-state index in [2.05, 4.69) is 64.1 Å². The van der Waals surface area contributed by atoms with Crippen molar-refractivity contribution in [2.24, 2.45) is 0 Å². The number of piperidine rings is 1. The van der Waals surface area contributed by atoms with Crippen molar-refractivity contribution in [3.8, 4) is 0 Å². The highest BCUT2D eigenvalue weighted by molar-refractivity contribution is 14.1. The van der Waals surface area contributed by atoms with Crippen LogP contribution < -0.4 is 5.32 Å². The maximum absolute atomic E-state index is 3.52. The first-order chi connectivity index (χ1) is 8.25. The summed E-state index contributed by atoms with van der Waals surface area (Å²) >= 11 is 2.36. The fourth-order valence-electron chi connectivity index (χ4n) is 2.49. The van der Waals surface area contributed by atoms with Crippen LogP contribution in [-0.2, 0) is 0 Å². The van der Waals surface area contributed by atoms with Gasteiger partial charge in [-0.15, -0.1) is 0 Å². The number of nitrogens with one attached hydrogen (secondary N) is 1. The van der Waals surface area contributed by atoms with E-state index in [0.717, 1.165) is 12.6 Å². The van der Waals surface area contributed by atoms with Crippen molar-refractivity contribution < 1.29 is 0 Å². The van der Waals surface area contributed by atoms with Gasteiger partial charge in [0.05, 0.1) is 0 Å². The van der Waals surface area contributed by atoms with Gasteiger partial charge in [0.25, 0.3) is 0 Å². The zero-order valence-corrected chi connectivity index (χ0v) is 12.6. The Morgan fingerprint density at radius 3 is 3.06 bits per heavy atom. The summed E-state index contributed by atoms with van der Waals surface area (Å²) in [6.45, 7) is 2.35. The molecular weight excluding hydrogens is 323 g/mol. The summed E-state index contributed by atoms with van der Waals surface area (Å²) in [5.74, 6) is 0. The second-order valence-electron chi connectivity index (χ2n) is 4.86. The number of hydrogen-bond donors (Lipinski definition) is 1. The van der Waals surface area contributed by atoms with Crippen molar-refractivity contribution in [1.82, 2.24) is 4.90 Å². The molecule has 0 radical (unpaired) electrons. The molecule has 17 heavy (non-hydrogen) atoms. The summed E-state index contributed by atoms with van der Waals surface area (Å²) < 4.78 is 1.29.